The van der Waals surface area contributed by atoms with Gasteiger partial charge in [0.15, 0.2) is 0 Å². The lowest BCUT2D eigenvalue weighted by atomic mass is 10.1. The molecule has 18 heavy (non-hydrogen) atoms. The molecule has 1 amide bonds. The van der Waals surface area contributed by atoms with Crippen LogP contribution in [0.25, 0.3) is 0 Å². The minimum Gasteiger partial charge on any atom is -0.336 e. The summed E-state index contributed by atoms with van der Waals surface area (Å²) in [5, 5.41) is 0. The molecule has 0 aromatic heterocycles. The molecule has 1 aliphatic rings. The Labute approximate surface area is 112 Å². The number of halogens is 3. The molecule has 1 aromatic carbocycles. The van der Waals surface area contributed by atoms with E-state index in [2.05, 4.69) is 20.8 Å². The molecule has 3 nitrogen and oxygen atoms in total. The normalized spacial score (nSPS) is 17.0. The fourth-order valence-electron chi connectivity index (χ4n) is 1.87. The third-order valence-corrected chi connectivity index (χ3v) is 3.64. The van der Waals surface area contributed by atoms with Gasteiger partial charge in [-0.15, -0.1) is 0 Å². The number of piperazine rings is 1. The second-order valence-corrected chi connectivity index (χ2v) is 5.20. The lowest BCUT2D eigenvalue weighted by molar-refractivity contribution is 0.0659. The van der Waals surface area contributed by atoms with E-state index in [0.29, 0.717) is 13.1 Å². The number of benzene rings is 1. The summed E-state index contributed by atoms with van der Waals surface area (Å²) >= 11 is 2.89. The highest BCUT2D eigenvalue weighted by Gasteiger charge is 2.23. The van der Waals surface area contributed by atoms with E-state index in [0.717, 1.165) is 25.2 Å². The number of rotatable bonds is 1. The molecule has 1 saturated heterocycles. The summed E-state index contributed by atoms with van der Waals surface area (Å²) in [6.45, 7) is 2.55. The van der Waals surface area contributed by atoms with E-state index in [1.807, 2.05) is 7.05 Å². The van der Waals surface area contributed by atoms with Crippen LogP contribution in [0.15, 0.2) is 16.6 Å². The quantitative estimate of drug-likeness (QED) is 0.740. The lowest BCUT2D eigenvalue weighted by Gasteiger charge is -2.32. The first kappa shape index (κ1) is 13.4. The molecule has 6 heteroatoms. The topological polar surface area (TPSA) is 23.6 Å². The highest BCUT2D eigenvalue weighted by Crippen LogP contribution is 2.21. The zero-order valence-corrected chi connectivity index (χ0v) is 11.5. The average Bonchev–Trinajstić information content (AvgIpc) is 2.34. The van der Waals surface area contributed by atoms with Crippen molar-refractivity contribution in [2.24, 2.45) is 0 Å². The highest BCUT2D eigenvalue weighted by molar-refractivity contribution is 9.10. The first-order chi connectivity index (χ1) is 8.49. The number of hydrogen-bond acceptors (Lipinski definition) is 2. The summed E-state index contributed by atoms with van der Waals surface area (Å²) in [4.78, 5) is 15.7. The summed E-state index contributed by atoms with van der Waals surface area (Å²) in [7, 11) is 1.96. The maximum absolute atomic E-state index is 13.7. The Kier molecular flexibility index (Phi) is 3.97. The Balaban J connectivity index is 2.21. The molecule has 0 bridgehead atoms. The Morgan fingerprint density at radius 2 is 1.78 bits per heavy atom. The fourth-order valence-corrected chi connectivity index (χ4v) is 2.18. The van der Waals surface area contributed by atoms with Gasteiger partial charge < -0.3 is 9.80 Å². The number of likely N-dealkylation sites (N-methyl/N-ethyl adjacent to an activating group) is 1. The van der Waals surface area contributed by atoms with Gasteiger partial charge in [-0.05, 0) is 35.1 Å². The summed E-state index contributed by atoms with van der Waals surface area (Å²) in [6.07, 6.45) is 0. The van der Waals surface area contributed by atoms with Gasteiger partial charge in [-0.3, -0.25) is 4.79 Å². The molecular weight excluding hydrogens is 306 g/mol. The van der Waals surface area contributed by atoms with E-state index in [-0.39, 0.29) is 10.0 Å². The van der Waals surface area contributed by atoms with Crippen molar-refractivity contribution < 1.29 is 13.6 Å². The van der Waals surface area contributed by atoms with E-state index >= 15 is 0 Å². The molecule has 0 saturated carbocycles. The number of hydrogen-bond donors (Lipinski definition) is 0. The van der Waals surface area contributed by atoms with Crippen molar-refractivity contribution in [3.63, 3.8) is 0 Å². The standard InChI is InChI=1S/C12H13BrF2N2O/c1-16-2-4-17(5-3-16)12(18)8-6-11(15)9(13)7-10(8)14/h6-7H,2-5H2,1H3. The molecule has 1 aliphatic heterocycles. The van der Waals surface area contributed by atoms with Crippen LogP contribution in [0, 0.1) is 11.6 Å². The monoisotopic (exact) mass is 318 g/mol. The number of nitrogens with zero attached hydrogens (tertiary/aromatic N) is 2. The van der Waals surface area contributed by atoms with Gasteiger partial charge in [-0.2, -0.15) is 0 Å². The van der Waals surface area contributed by atoms with Gasteiger partial charge in [0.1, 0.15) is 11.6 Å². The van der Waals surface area contributed by atoms with Crippen LogP contribution in [0.5, 0.6) is 0 Å². The van der Waals surface area contributed by atoms with E-state index in [1.54, 1.807) is 4.90 Å². The molecule has 0 unspecified atom stereocenters. The molecule has 0 radical (unpaired) electrons. The lowest BCUT2D eigenvalue weighted by Crippen LogP contribution is -2.47. The fraction of sp³-hybridized carbons (Fsp3) is 0.417. The van der Waals surface area contributed by atoms with Crippen molar-refractivity contribution in [2.75, 3.05) is 33.2 Å². The molecule has 98 valence electrons. The van der Waals surface area contributed by atoms with E-state index in [4.69, 9.17) is 0 Å². The average molecular weight is 319 g/mol. The number of carbonyl (C=O) groups excluding carboxylic acids is 1. The van der Waals surface area contributed by atoms with Crippen LogP contribution < -0.4 is 0 Å². The Bertz CT molecular complexity index is 473. The minimum atomic E-state index is -0.702. The molecular formula is C12H13BrF2N2O. The van der Waals surface area contributed by atoms with Crippen LogP contribution in [-0.4, -0.2) is 48.9 Å². The van der Waals surface area contributed by atoms with E-state index in [9.17, 15) is 13.6 Å². The molecule has 0 atom stereocenters. The highest BCUT2D eigenvalue weighted by atomic mass is 79.9. The van der Waals surface area contributed by atoms with Gasteiger partial charge >= 0.3 is 0 Å². The van der Waals surface area contributed by atoms with Crippen molar-refractivity contribution >= 4 is 21.8 Å². The zero-order chi connectivity index (χ0) is 13.3. The first-order valence-corrected chi connectivity index (χ1v) is 6.40. The van der Waals surface area contributed by atoms with E-state index in [1.165, 1.54) is 0 Å². The summed E-state index contributed by atoms with van der Waals surface area (Å²) in [5.74, 6) is -1.78. The van der Waals surface area contributed by atoms with Crippen LogP contribution in [-0.2, 0) is 0 Å². The van der Waals surface area contributed by atoms with Crippen LogP contribution >= 0.6 is 15.9 Å². The maximum atomic E-state index is 13.7. The molecule has 1 fully saturated rings. The van der Waals surface area contributed by atoms with Gasteiger partial charge in [0.2, 0.25) is 0 Å². The number of carbonyl (C=O) groups is 1. The molecule has 0 N–H and O–H groups in total. The van der Waals surface area contributed by atoms with Gasteiger partial charge in [0, 0.05) is 26.2 Å². The molecule has 1 heterocycles. The van der Waals surface area contributed by atoms with Gasteiger partial charge in [0.05, 0.1) is 10.0 Å². The molecule has 2 rings (SSSR count). The predicted octanol–water partition coefficient (Wildman–Crippen LogP) is 2.11. The maximum Gasteiger partial charge on any atom is 0.257 e. The zero-order valence-electron chi connectivity index (χ0n) is 9.92. The van der Waals surface area contributed by atoms with Crippen LogP contribution in [0.2, 0.25) is 0 Å². The largest absolute Gasteiger partial charge is 0.336 e. The van der Waals surface area contributed by atoms with Crippen molar-refractivity contribution in [3.8, 4) is 0 Å². The van der Waals surface area contributed by atoms with Crippen molar-refractivity contribution in [1.29, 1.82) is 0 Å². The second-order valence-electron chi connectivity index (χ2n) is 4.34. The van der Waals surface area contributed by atoms with Crippen molar-refractivity contribution in [3.05, 3.63) is 33.8 Å². The smallest absolute Gasteiger partial charge is 0.257 e. The van der Waals surface area contributed by atoms with Crippen molar-refractivity contribution in [2.45, 2.75) is 0 Å². The van der Waals surface area contributed by atoms with E-state index < -0.39 is 17.5 Å². The first-order valence-electron chi connectivity index (χ1n) is 5.61. The van der Waals surface area contributed by atoms with Gasteiger partial charge in [-0.1, -0.05) is 0 Å². The summed E-state index contributed by atoms with van der Waals surface area (Å²) in [5.41, 5.74) is -0.208. The Morgan fingerprint density at radius 3 is 2.39 bits per heavy atom. The summed E-state index contributed by atoms with van der Waals surface area (Å²) < 4.78 is 27.0. The Hall–Kier alpha value is -1.01. The number of amides is 1. The predicted molar refractivity (Wildman–Crippen MR) is 67.5 cm³/mol. The minimum absolute atomic E-state index is 0.0231. The molecule has 0 spiro atoms. The summed E-state index contributed by atoms with van der Waals surface area (Å²) in [6, 6.07) is 1.93. The third kappa shape index (κ3) is 2.70. The molecule has 1 aromatic rings. The van der Waals surface area contributed by atoms with Gasteiger partial charge in [-0.25, -0.2) is 8.78 Å². The third-order valence-electron chi connectivity index (χ3n) is 3.03. The SMILES string of the molecule is CN1CCN(C(=O)c2cc(F)c(Br)cc2F)CC1. The van der Waals surface area contributed by atoms with Crippen molar-refractivity contribution in [1.82, 2.24) is 9.80 Å². The second kappa shape index (κ2) is 5.32. The molecule has 0 aliphatic carbocycles. The van der Waals surface area contributed by atoms with Crippen LogP contribution in [0.3, 0.4) is 0 Å². The Morgan fingerprint density at radius 1 is 1.17 bits per heavy atom. The van der Waals surface area contributed by atoms with Gasteiger partial charge in [0.25, 0.3) is 5.91 Å². The van der Waals surface area contributed by atoms with Crippen LogP contribution in [0.1, 0.15) is 10.4 Å². The van der Waals surface area contributed by atoms with Crippen LogP contribution in [0.4, 0.5) is 8.78 Å².